The predicted octanol–water partition coefficient (Wildman–Crippen LogP) is 12.6. The van der Waals surface area contributed by atoms with Crippen LogP contribution in [0.25, 0.3) is 88.5 Å². The quantitative estimate of drug-likeness (QED) is 0.131. The van der Waals surface area contributed by atoms with Crippen LogP contribution in [0, 0.1) is 26.0 Å². The Bertz CT molecular complexity index is 2890. The van der Waals surface area contributed by atoms with Crippen LogP contribution in [-0.4, -0.2) is 14.5 Å². The van der Waals surface area contributed by atoms with E-state index in [1.54, 1.807) is 6.20 Å². The van der Waals surface area contributed by atoms with Gasteiger partial charge in [0.15, 0.2) is 0 Å². The van der Waals surface area contributed by atoms with E-state index in [0.717, 1.165) is 55.8 Å². The molecule has 5 heteroatoms. The molecule has 0 aliphatic heterocycles. The van der Waals surface area contributed by atoms with Crippen LogP contribution in [0.2, 0.25) is 0 Å². The number of pyridine rings is 1. The molecule has 0 aliphatic carbocycles. The van der Waals surface area contributed by atoms with Crippen LogP contribution in [0.15, 0.2) is 162 Å². The Balaban J connectivity index is 0.000000151. The number of rotatable bonds is 4. The van der Waals surface area contributed by atoms with Gasteiger partial charge in [0.1, 0.15) is 5.58 Å². The zero-order valence-corrected chi connectivity index (χ0v) is 32.5. The Labute approximate surface area is 328 Å². The molecule has 0 bridgehead atoms. The zero-order chi connectivity index (χ0) is 35.9. The average molecular weight is 874 g/mol. The van der Waals surface area contributed by atoms with Gasteiger partial charge in [-0.3, -0.25) is 4.98 Å². The molecule has 0 fully saturated rings. The van der Waals surface area contributed by atoms with E-state index in [4.69, 9.17) is 4.42 Å². The SMILES string of the molecule is Cc1cc(C)cc(-c2ccc(-c3cnc(-c4[c-]cccc4)n3C)cc2)c1.[Ir].[c-]1cc2c(cc1-c1ccccn1)oc1cc3c(ccc4ccccc43)cc12. The molecule has 3 aromatic heterocycles. The molecule has 0 aliphatic rings. The number of nitrogens with zero attached hydrogens (tertiary/aromatic N) is 3. The average Bonchev–Trinajstić information content (AvgIpc) is 3.76. The summed E-state index contributed by atoms with van der Waals surface area (Å²) in [6.45, 7) is 4.28. The van der Waals surface area contributed by atoms with E-state index in [2.05, 4.69) is 139 Å². The largest absolute Gasteiger partial charge is 0.476 e. The molecule has 3 heterocycles. The van der Waals surface area contributed by atoms with Crippen molar-refractivity contribution in [3.63, 3.8) is 0 Å². The minimum Gasteiger partial charge on any atom is -0.476 e. The fourth-order valence-corrected chi connectivity index (χ4v) is 7.32. The Morgan fingerprint density at radius 3 is 2.07 bits per heavy atom. The predicted molar refractivity (Wildman–Crippen MR) is 219 cm³/mol. The van der Waals surface area contributed by atoms with Crippen LogP contribution < -0.4 is 0 Å². The van der Waals surface area contributed by atoms with Crippen molar-refractivity contribution in [2.45, 2.75) is 13.8 Å². The van der Waals surface area contributed by atoms with Gasteiger partial charge in [-0.2, -0.15) is 0 Å². The summed E-state index contributed by atoms with van der Waals surface area (Å²) in [7, 11) is 2.05. The van der Waals surface area contributed by atoms with Crippen molar-refractivity contribution < 1.29 is 24.5 Å². The van der Waals surface area contributed by atoms with Crippen LogP contribution in [0.3, 0.4) is 0 Å². The summed E-state index contributed by atoms with van der Waals surface area (Å²) < 4.78 is 8.35. The second-order valence-electron chi connectivity index (χ2n) is 13.6. The molecule has 0 unspecified atom stereocenters. The van der Waals surface area contributed by atoms with Gasteiger partial charge in [-0.05, 0) is 75.3 Å². The molecule has 10 rings (SSSR count). The standard InChI is InChI=1S/C25H14NO.C24H21N2.Ir/c1-2-6-19-16(5-1)8-9-17-13-22-20-11-10-18(23-7-3-4-12-26-23)14-24(20)27-25(22)15-21(17)19;1-17-13-18(2)15-22(14-17)19-9-11-20(12-10-19)23-16-25-24(26(23)3)21-7-5-4-6-8-21;/h1-9,11-15H;4-7,9-16H,1-3H3;/q2*-1;. The molecule has 0 N–H and O–H groups in total. The Morgan fingerprint density at radius 2 is 1.30 bits per heavy atom. The van der Waals surface area contributed by atoms with Gasteiger partial charge in [0.05, 0.1) is 17.1 Å². The van der Waals surface area contributed by atoms with Gasteiger partial charge < -0.3 is 14.0 Å². The molecule has 54 heavy (non-hydrogen) atoms. The third-order valence-corrected chi connectivity index (χ3v) is 9.88. The van der Waals surface area contributed by atoms with E-state index >= 15 is 0 Å². The second-order valence-corrected chi connectivity index (χ2v) is 13.6. The van der Waals surface area contributed by atoms with Gasteiger partial charge in [0, 0.05) is 39.5 Å². The van der Waals surface area contributed by atoms with Crippen molar-refractivity contribution in [2.75, 3.05) is 0 Å². The first-order chi connectivity index (χ1) is 26.0. The molecular formula is C49H35IrN3O-2. The summed E-state index contributed by atoms with van der Waals surface area (Å²) in [6.07, 6.45) is 3.73. The Hall–Kier alpha value is -6.13. The van der Waals surface area contributed by atoms with E-state index in [1.165, 1.54) is 43.8 Å². The normalized spacial score (nSPS) is 11.1. The summed E-state index contributed by atoms with van der Waals surface area (Å²) in [6, 6.07) is 57.1. The summed E-state index contributed by atoms with van der Waals surface area (Å²) in [5.41, 5.74) is 12.0. The van der Waals surface area contributed by atoms with E-state index in [-0.39, 0.29) is 20.1 Å². The van der Waals surface area contributed by atoms with Crippen LogP contribution in [0.1, 0.15) is 11.1 Å². The third-order valence-electron chi connectivity index (χ3n) is 9.88. The number of imidazole rings is 1. The molecule has 0 saturated heterocycles. The molecule has 1 radical (unpaired) electrons. The summed E-state index contributed by atoms with van der Waals surface area (Å²) >= 11 is 0. The first-order valence-electron chi connectivity index (χ1n) is 17.8. The van der Waals surface area contributed by atoms with E-state index < -0.39 is 0 Å². The Morgan fingerprint density at radius 1 is 0.556 bits per heavy atom. The van der Waals surface area contributed by atoms with Gasteiger partial charge >= 0.3 is 0 Å². The van der Waals surface area contributed by atoms with Crippen molar-refractivity contribution in [3.05, 3.63) is 181 Å². The second kappa shape index (κ2) is 14.7. The van der Waals surface area contributed by atoms with Crippen molar-refractivity contribution in [3.8, 4) is 45.0 Å². The van der Waals surface area contributed by atoms with E-state index in [0.29, 0.717) is 0 Å². The smallest absolute Gasteiger partial charge is 0.124 e. The minimum atomic E-state index is 0. The molecule has 0 spiro atoms. The third kappa shape index (κ3) is 6.65. The number of hydrogen-bond donors (Lipinski definition) is 0. The van der Waals surface area contributed by atoms with Gasteiger partial charge in [-0.25, -0.2) is 0 Å². The number of fused-ring (bicyclic) bond motifs is 6. The number of benzene rings is 7. The Kier molecular flexibility index (Phi) is 9.52. The summed E-state index contributed by atoms with van der Waals surface area (Å²) in [4.78, 5) is 9.01. The molecule has 263 valence electrons. The summed E-state index contributed by atoms with van der Waals surface area (Å²) in [5.74, 6) is 0.930. The molecule has 0 saturated carbocycles. The van der Waals surface area contributed by atoms with Gasteiger partial charge in [-0.15, -0.1) is 53.6 Å². The summed E-state index contributed by atoms with van der Waals surface area (Å²) in [5, 5.41) is 7.13. The van der Waals surface area contributed by atoms with Crippen molar-refractivity contribution in [1.29, 1.82) is 0 Å². The number of aromatic nitrogens is 3. The van der Waals surface area contributed by atoms with Gasteiger partial charge in [0.25, 0.3) is 0 Å². The first-order valence-corrected chi connectivity index (χ1v) is 17.8. The fraction of sp³-hybridized carbons (Fsp3) is 0.0612. The van der Waals surface area contributed by atoms with Crippen LogP contribution in [0.5, 0.6) is 0 Å². The van der Waals surface area contributed by atoms with Gasteiger partial charge in [0.2, 0.25) is 0 Å². The molecule has 4 nitrogen and oxygen atoms in total. The van der Waals surface area contributed by atoms with Crippen molar-refractivity contribution in [2.24, 2.45) is 7.05 Å². The number of furan rings is 1. The zero-order valence-electron chi connectivity index (χ0n) is 30.1. The van der Waals surface area contributed by atoms with Crippen LogP contribution in [0.4, 0.5) is 0 Å². The number of hydrogen-bond acceptors (Lipinski definition) is 3. The molecular weight excluding hydrogens is 839 g/mol. The molecule has 10 aromatic rings. The van der Waals surface area contributed by atoms with E-state index in [9.17, 15) is 0 Å². The van der Waals surface area contributed by atoms with E-state index in [1.807, 2.05) is 60.8 Å². The maximum Gasteiger partial charge on any atom is 0.124 e. The molecule has 0 amide bonds. The van der Waals surface area contributed by atoms with Crippen molar-refractivity contribution in [1.82, 2.24) is 14.5 Å². The molecule has 0 atom stereocenters. The van der Waals surface area contributed by atoms with Crippen LogP contribution in [-0.2, 0) is 27.2 Å². The monoisotopic (exact) mass is 874 g/mol. The first kappa shape index (κ1) is 34.9. The van der Waals surface area contributed by atoms with Crippen LogP contribution >= 0.6 is 0 Å². The number of aryl methyl sites for hydroxylation is 2. The minimum absolute atomic E-state index is 0. The topological polar surface area (TPSA) is 43.9 Å². The maximum absolute atomic E-state index is 6.22. The maximum atomic E-state index is 6.22. The van der Waals surface area contributed by atoms with Gasteiger partial charge in [-0.1, -0.05) is 120 Å². The van der Waals surface area contributed by atoms with Crippen molar-refractivity contribution >= 4 is 43.5 Å². The fourth-order valence-electron chi connectivity index (χ4n) is 7.32. The molecule has 7 aromatic carbocycles.